The zero-order valence-electron chi connectivity index (χ0n) is 17.9. The summed E-state index contributed by atoms with van der Waals surface area (Å²) in [5, 5.41) is 16.8. The van der Waals surface area contributed by atoms with Crippen molar-refractivity contribution in [1.82, 2.24) is 4.90 Å². The first kappa shape index (κ1) is 22.8. The molecule has 1 aromatic heterocycles. The van der Waals surface area contributed by atoms with E-state index in [1.54, 1.807) is 0 Å². The summed E-state index contributed by atoms with van der Waals surface area (Å²) in [6.45, 7) is 1.54. The SMILES string of the molecule is CN(C)CC/C=C1\c2ccccc2OCc2c1oc1ccccc21.O=C(O)/C=C/C(=O)O. The number of rotatable bonds is 5. The molecule has 0 aliphatic carbocycles. The van der Waals surface area contributed by atoms with Crippen molar-refractivity contribution in [3.63, 3.8) is 0 Å². The van der Waals surface area contributed by atoms with Gasteiger partial charge in [0.25, 0.3) is 0 Å². The van der Waals surface area contributed by atoms with Gasteiger partial charge in [0.1, 0.15) is 23.7 Å². The molecule has 0 radical (unpaired) electrons. The molecule has 0 atom stereocenters. The number of hydrogen-bond donors (Lipinski definition) is 2. The second kappa shape index (κ2) is 10.5. The molecule has 4 rings (SSSR count). The first-order valence-corrected chi connectivity index (χ1v) is 10.1. The first-order chi connectivity index (χ1) is 15.4. The van der Waals surface area contributed by atoms with Gasteiger partial charge in [-0.3, -0.25) is 0 Å². The summed E-state index contributed by atoms with van der Waals surface area (Å²) in [5.41, 5.74) is 4.30. The highest BCUT2D eigenvalue weighted by Gasteiger charge is 2.24. The zero-order valence-corrected chi connectivity index (χ0v) is 17.9. The summed E-state index contributed by atoms with van der Waals surface area (Å²) >= 11 is 0. The number of hydrogen-bond acceptors (Lipinski definition) is 5. The highest BCUT2D eigenvalue weighted by molar-refractivity contribution is 5.92. The Morgan fingerprint density at radius 1 is 1.00 bits per heavy atom. The zero-order chi connectivity index (χ0) is 23.1. The highest BCUT2D eigenvalue weighted by Crippen LogP contribution is 2.40. The van der Waals surface area contributed by atoms with Crippen LogP contribution in [0.2, 0.25) is 0 Å². The van der Waals surface area contributed by atoms with E-state index in [9.17, 15) is 9.59 Å². The minimum atomic E-state index is -1.26. The maximum absolute atomic E-state index is 9.55. The van der Waals surface area contributed by atoms with E-state index in [0.29, 0.717) is 18.8 Å². The number of fused-ring (bicyclic) bond motifs is 4. The Bertz CT molecular complexity index is 1160. The van der Waals surface area contributed by atoms with E-state index in [-0.39, 0.29) is 0 Å². The van der Waals surface area contributed by atoms with E-state index >= 15 is 0 Å². The van der Waals surface area contributed by atoms with Gasteiger partial charge in [-0.25, -0.2) is 9.59 Å². The molecule has 2 heterocycles. The van der Waals surface area contributed by atoms with Crippen molar-refractivity contribution in [2.24, 2.45) is 0 Å². The fourth-order valence-electron chi connectivity index (χ4n) is 3.36. The molecule has 3 aromatic rings. The summed E-state index contributed by atoms with van der Waals surface area (Å²) in [4.78, 5) is 21.3. The fraction of sp³-hybridized carbons (Fsp3) is 0.200. The van der Waals surface area contributed by atoms with Crippen LogP contribution in [0.4, 0.5) is 0 Å². The monoisotopic (exact) mass is 435 g/mol. The van der Waals surface area contributed by atoms with Crippen LogP contribution in [-0.4, -0.2) is 47.7 Å². The number of benzene rings is 2. The Balaban J connectivity index is 0.000000312. The molecule has 1 aliphatic heterocycles. The molecule has 0 unspecified atom stereocenters. The Kier molecular flexibility index (Phi) is 7.46. The summed E-state index contributed by atoms with van der Waals surface area (Å²) in [6, 6.07) is 16.4. The molecule has 0 bridgehead atoms. The number of carbonyl (C=O) groups is 2. The number of nitrogens with zero attached hydrogens (tertiary/aromatic N) is 1. The van der Waals surface area contributed by atoms with E-state index in [1.165, 1.54) is 0 Å². The smallest absolute Gasteiger partial charge is 0.328 e. The molecule has 0 saturated heterocycles. The first-order valence-electron chi connectivity index (χ1n) is 10.1. The lowest BCUT2D eigenvalue weighted by Gasteiger charge is -2.10. The maximum atomic E-state index is 9.55. The van der Waals surface area contributed by atoms with Crippen LogP contribution in [0.15, 0.2) is 71.2 Å². The Morgan fingerprint density at radius 2 is 1.66 bits per heavy atom. The number of ether oxygens (including phenoxy) is 1. The number of carboxylic acid groups (broad SMARTS) is 2. The van der Waals surface area contributed by atoms with Crippen molar-refractivity contribution in [1.29, 1.82) is 0 Å². The van der Waals surface area contributed by atoms with E-state index < -0.39 is 11.9 Å². The van der Waals surface area contributed by atoms with Gasteiger partial charge >= 0.3 is 11.9 Å². The molecular formula is C25H25NO6. The van der Waals surface area contributed by atoms with Crippen molar-refractivity contribution in [3.8, 4) is 5.75 Å². The van der Waals surface area contributed by atoms with Crippen LogP contribution < -0.4 is 4.74 Å². The Hall–Kier alpha value is -3.84. The van der Waals surface area contributed by atoms with Crippen LogP contribution in [0.25, 0.3) is 16.5 Å². The van der Waals surface area contributed by atoms with Crippen LogP contribution in [-0.2, 0) is 16.2 Å². The molecular weight excluding hydrogens is 410 g/mol. The van der Waals surface area contributed by atoms with Crippen LogP contribution in [0.3, 0.4) is 0 Å². The average Bonchev–Trinajstić information content (AvgIpc) is 3.05. The lowest BCUT2D eigenvalue weighted by molar-refractivity contribution is -0.134. The number of furan rings is 1. The summed E-state index contributed by atoms with van der Waals surface area (Å²) in [5.74, 6) is -0.649. The summed E-state index contributed by atoms with van der Waals surface area (Å²) in [6.07, 6.45) is 4.35. The molecule has 0 fully saturated rings. The van der Waals surface area contributed by atoms with E-state index in [2.05, 4.69) is 43.3 Å². The number of carboxylic acids is 2. The lowest BCUT2D eigenvalue weighted by atomic mass is 9.99. The third-order valence-electron chi connectivity index (χ3n) is 4.79. The van der Waals surface area contributed by atoms with Gasteiger partial charge < -0.3 is 24.3 Å². The predicted molar refractivity (Wildman–Crippen MR) is 122 cm³/mol. The van der Waals surface area contributed by atoms with Crippen LogP contribution in [0.1, 0.15) is 23.3 Å². The molecule has 32 heavy (non-hydrogen) atoms. The van der Waals surface area contributed by atoms with E-state index in [1.807, 2.05) is 30.3 Å². The number of para-hydroxylation sites is 2. The molecule has 2 N–H and O–H groups in total. The summed E-state index contributed by atoms with van der Waals surface area (Å²) in [7, 11) is 4.19. The lowest BCUT2D eigenvalue weighted by Crippen LogP contribution is -2.12. The van der Waals surface area contributed by atoms with Crippen LogP contribution >= 0.6 is 0 Å². The van der Waals surface area contributed by atoms with Gasteiger partial charge in [0.05, 0.1) is 0 Å². The summed E-state index contributed by atoms with van der Waals surface area (Å²) < 4.78 is 12.3. The fourth-order valence-corrected chi connectivity index (χ4v) is 3.36. The Morgan fingerprint density at radius 3 is 2.34 bits per heavy atom. The standard InChI is InChI=1S/C21H21NO2.C4H4O4/c1-22(2)13-7-10-17-15-8-3-5-11-19(15)23-14-18-16-9-4-6-12-20(16)24-21(17)18;5-3(6)1-2-4(7)8/h3-6,8-12H,7,13-14H2,1-2H3;1-2H,(H,5,6)(H,7,8)/b17-10+;2-1+. The minimum Gasteiger partial charge on any atom is -0.488 e. The van der Waals surface area contributed by atoms with Gasteiger partial charge in [0.2, 0.25) is 0 Å². The maximum Gasteiger partial charge on any atom is 0.328 e. The van der Waals surface area contributed by atoms with Gasteiger partial charge in [0, 0.05) is 40.8 Å². The molecule has 7 heteroatoms. The Labute approximate surface area is 185 Å². The van der Waals surface area contributed by atoms with Crippen molar-refractivity contribution in [2.75, 3.05) is 20.6 Å². The largest absolute Gasteiger partial charge is 0.488 e. The van der Waals surface area contributed by atoms with Crippen molar-refractivity contribution < 1.29 is 29.0 Å². The molecule has 0 saturated carbocycles. The molecule has 2 aromatic carbocycles. The van der Waals surface area contributed by atoms with Gasteiger partial charge in [0.15, 0.2) is 0 Å². The average molecular weight is 435 g/mol. The second-order valence-corrected chi connectivity index (χ2v) is 7.41. The highest BCUT2D eigenvalue weighted by atomic mass is 16.5. The minimum absolute atomic E-state index is 0.536. The second-order valence-electron chi connectivity index (χ2n) is 7.41. The van der Waals surface area contributed by atoms with Crippen molar-refractivity contribution >= 4 is 28.5 Å². The van der Waals surface area contributed by atoms with Gasteiger partial charge in [-0.15, -0.1) is 0 Å². The van der Waals surface area contributed by atoms with Gasteiger partial charge in [-0.1, -0.05) is 42.5 Å². The van der Waals surface area contributed by atoms with Gasteiger partial charge in [-0.2, -0.15) is 0 Å². The molecule has 1 aliphatic rings. The van der Waals surface area contributed by atoms with Crippen molar-refractivity contribution in [2.45, 2.75) is 13.0 Å². The third-order valence-corrected chi connectivity index (χ3v) is 4.79. The molecule has 0 amide bonds. The molecule has 7 nitrogen and oxygen atoms in total. The number of aliphatic carboxylic acids is 2. The van der Waals surface area contributed by atoms with Crippen LogP contribution in [0, 0.1) is 0 Å². The van der Waals surface area contributed by atoms with Crippen molar-refractivity contribution in [3.05, 3.63) is 83.6 Å². The quantitative estimate of drug-likeness (QED) is 0.572. The normalized spacial score (nSPS) is 13.8. The van der Waals surface area contributed by atoms with E-state index in [4.69, 9.17) is 19.4 Å². The van der Waals surface area contributed by atoms with E-state index in [0.717, 1.165) is 52.1 Å². The van der Waals surface area contributed by atoms with Gasteiger partial charge in [-0.05, 0) is 32.6 Å². The third kappa shape index (κ3) is 5.65. The molecule has 166 valence electrons. The molecule has 0 spiro atoms. The predicted octanol–water partition coefficient (Wildman–Crippen LogP) is 4.42. The van der Waals surface area contributed by atoms with Crippen LogP contribution in [0.5, 0.6) is 5.75 Å². The topological polar surface area (TPSA) is 100 Å².